The summed E-state index contributed by atoms with van der Waals surface area (Å²) >= 11 is 0. The molecule has 0 saturated heterocycles. The van der Waals surface area contributed by atoms with E-state index in [1.807, 2.05) is 0 Å². The average Bonchev–Trinajstić information content (AvgIpc) is 2.67. The van der Waals surface area contributed by atoms with Crippen LogP contribution in [0.3, 0.4) is 0 Å². The van der Waals surface area contributed by atoms with Crippen LogP contribution in [0.1, 0.15) is 128 Å². The zero-order chi connectivity index (χ0) is 25.5. The summed E-state index contributed by atoms with van der Waals surface area (Å²) < 4.78 is 0. The Hall–Kier alpha value is -0.860. The summed E-state index contributed by atoms with van der Waals surface area (Å²) in [4.78, 5) is 25.5. The van der Waals surface area contributed by atoms with E-state index in [-0.39, 0.29) is 28.6 Å². The van der Waals surface area contributed by atoms with E-state index < -0.39 is 10.8 Å². The van der Waals surface area contributed by atoms with Crippen molar-refractivity contribution in [1.29, 1.82) is 0 Å². The van der Waals surface area contributed by atoms with E-state index in [0.717, 1.165) is 32.1 Å². The first-order valence-electron chi connectivity index (χ1n) is 13.3. The van der Waals surface area contributed by atoms with Crippen molar-refractivity contribution in [1.82, 2.24) is 0 Å². The van der Waals surface area contributed by atoms with Gasteiger partial charge in [0.25, 0.3) is 0 Å². The zero-order valence-electron chi connectivity index (χ0n) is 23.7. The lowest BCUT2D eigenvalue weighted by atomic mass is 9.44. The Morgan fingerprint density at radius 1 is 0.875 bits per heavy atom. The highest BCUT2D eigenvalue weighted by Crippen LogP contribution is 2.62. The Morgan fingerprint density at radius 3 is 1.75 bits per heavy atom. The van der Waals surface area contributed by atoms with Gasteiger partial charge in [-0.25, -0.2) is 0 Å². The maximum absolute atomic E-state index is 12.9. The Labute approximate surface area is 201 Å². The van der Waals surface area contributed by atoms with E-state index in [2.05, 4.69) is 83.1 Å². The molecule has 0 aliphatic rings. The second-order valence-corrected chi connectivity index (χ2v) is 12.8. The van der Waals surface area contributed by atoms with Crippen molar-refractivity contribution in [2.75, 3.05) is 0 Å². The molecule has 0 aliphatic carbocycles. The van der Waals surface area contributed by atoms with Crippen molar-refractivity contribution < 1.29 is 9.59 Å². The second kappa shape index (κ2) is 12.0. The number of hydrogen-bond acceptors (Lipinski definition) is 2. The van der Waals surface area contributed by atoms with E-state index in [1.54, 1.807) is 0 Å². The first kappa shape index (κ1) is 31.1. The lowest BCUT2D eigenvalue weighted by Crippen LogP contribution is -2.57. The molecule has 3 nitrogen and oxygen atoms in total. The van der Waals surface area contributed by atoms with Gasteiger partial charge in [0.15, 0.2) is 0 Å². The van der Waals surface area contributed by atoms with E-state index >= 15 is 0 Å². The predicted molar refractivity (Wildman–Crippen MR) is 139 cm³/mol. The fourth-order valence-electron chi connectivity index (χ4n) is 6.60. The lowest BCUT2D eigenvalue weighted by Gasteiger charge is -2.59. The van der Waals surface area contributed by atoms with Crippen molar-refractivity contribution in [3.63, 3.8) is 0 Å². The molecule has 32 heavy (non-hydrogen) atoms. The number of unbranched alkanes of at least 4 members (excludes halogenated alkanes) is 1. The van der Waals surface area contributed by atoms with Crippen LogP contribution in [0.2, 0.25) is 0 Å². The van der Waals surface area contributed by atoms with Gasteiger partial charge in [-0.2, -0.15) is 0 Å². The minimum atomic E-state index is -0.413. The smallest absolute Gasteiger partial charge is 0.221 e. The number of amides is 1. The summed E-state index contributed by atoms with van der Waals surface area (Å²) in [5.41, 5.74) is 4.95. The molecular formula is C29H57NO2. The minimum Gasteiger partial charge on any atom is -0.369 e. The van der Waals surface area contributed by atoms with Gasteiger partial charge < -0.3 is 10.5 Å². The van der Waals surface area contributed by atoms with Gasteiger partial charge in [-0.1, -0.05) is 115 Å². The van der Waals surface area contributed by atoms with Gasteiger partial charge >= 0.3 is 0 Å². The molecule has 3 heteroatoms. The van der Waals surface area contributed by atoms with Gasteiger partial charge in [0, 0.05) is 11.8 Å². The number of carbonyl (C=O) groups excluding carboxylic acids is 2. The largest absolute Gasteiger partial charge is 0.369 e. The highest BCUT2D eigenvalue weighted by molar-refractivity contribution is 5.77. The molecule has 0 aromatic heterocycles. The maximum atomic E-state index is 12.9. The Balaban J connectivity index is 6.66. The third-order valence-corrected chi connectivity index (χ3v) is 9.83. The lowest BCUT2D eigenvalue weighted by molar-refractivity contribution is -0.154. The number of primary amides is 1. The quantitative estimate of drug-likeness (QED) is 0.241. The molecule has 4 atom stereocenters. The Bertz CT molecular complexity index is 590. The zero-order valence-corrected chi connectivity index (χ0v) is 23.7. The third-order valence-electron chi connectivity index (χ3n) is 9.83. The standard InChI is InChI=1S/C29H57NO2/c1-13-16-18-29(12,22(15-3)17-14-2)28(10,11)24(20-31)27(8,9)26(6,7)23(25(30)32)19-21(4)5/h20-24H,13-19H2,1-12H3,(H2,30,32). The first-order chi connectivity index (χ1) is 14.5. The van der Waals surface area contributed by atoms with Gasteiger partial charge in [-0.15, -0.1) is 0 Å². The van der Waals surface area contributed by atoms with Crippen LogP contribution in [0.15, 0.2) is 0 Å². The number of hydrogen-bond donors (Lipinski definition) is 1. The van der Waals surface area contributed by atoms with Crippen molar-refractivity contribution in [2.45, 2.75) is 128 Å². The first-order valence-corrected chi connectivity index (χ1v) is 13.3. The van der Waals surface area contributed by atoms with E-state index in [0.29, 0.717) is 11.8 Å². The van der Waals surface area contributed by atoms with Crippen molar-refractivity contribution in [2.24, 2.45) is 51.1 Å². The van der Waals surface area contributed by atoms with Gasteiger partial charge in [-0.05, 0) is 46.3 Å². The number of carbonyl (C=O) groups is 2. The molecule has 0 radical (unpaired) electrons. The summed E-state index contributed by atoms with van der Waals surface area (Å²) in [5, 5.41) is 0. The molecule has 4 unspecified atom stereocenters. The Morgan fingerprint density at radius 2 is 1.41 bits per heavy atom. The van der Waals surface area contributed by atoms with E-state index in [4.69, 9.17) is 5.73 Å². The minimum absolute atomic E-state index is 0.0347. The number of nitrogens with two attached hydrogens (primary N) is 1. The van der Waals surface area contributed by atoms with Gasteiger partial charge in [0.05, 0.1) is 0 Å². The van der Waals surface area contributed by atoms with Crippen molar-refractivity contribution in [3.8, 4) is 0 Å². The second-order valence-electron chi connectivity index (χ2n) is 12.8. The van der Waals surface area contributed by atoms with Crippen LogP contribution in [0, 0.1) is 45.3 Å². The average molecular weight is 452 g/mol. The van der Waals surface area contributed by atoms with E-state index in [1.165, 1.54) is 19.1 Å². The monoisotopic (exact) mass is 451 g/mol. The normalized spacial score (nSPS) is 18.2. The van der Waals surface area contributed by atoms with Crippen LogP contribution >= 0.6 is 0 Å². The van der Waals surface area contributed by atoms with Crippen LogP contribution in [-0.2, 0) is 9.59 Å². The molecule has 0 aromatic carbocycles. The molecule has 0 heterocycles. The molecule has 190 valence electrons. The summed E-state index contributed by atoms with van der Waals surface area (Å²) in [6, 6.07) is 0. The fraction of sp³-hybridized carbons (Fsp3) is 0.931. The van der Waals surface area contributed by atoms with Crippen LogP contribution in [0.4, 0.5) is 0 Å². The maximum Gasteiger partial charge on any atom is 0.221 e. The van der Waals surface area contributed by atoms with Crippen LogP contribution < -0.4 is 5.73 Å². The molecule has 0 spiro atoms. The molecule has 0 saturated carbocycles. The van der Waals surface area contributed by atoms with Crippen molar-refractivity contribution >= 4 is 12.2 Å². The number of rotatable bonds is 16. The molecule has 0 rings (SSSR count). The molecule has 1 amide bonds. The van der Waals surface area contributed by atoms with Crippen LogP contribution in [0.25, 0.3) is 0 Å². The highest BCUT2D eigenvalue weighted by Gasteiger charge is 2.58. The molecule has 0 aromatic rings. The summed E-state index contributed by atoms with van der Waals surface area (Å²) in [7, 11) is 0. The SMILES string of the molecule is CCCCC(C)(C(CC)CCC)C(C)(C)C(C=O)C(C)(C)C(C)(C)C(CC(C)C)C(N)=O. The highest BCUT2D eigenvalue weighted by atomic mass is 16.1. The predicted octanol–water partition coefficient (Wildman–Crippen LogP) is 8.05. The summed E-state index contributed by atoms with van der Waals surface area (Å²) in [6.07, 6.45) is 8.89. The molecule has 2 N–H and O–H groups in total. The van der Waals surface area contributed by atoms with Crippen molar-refractivity contribution in [3.05, 3.63) is 0 Å². The molecular weight excluding hydrogens is 394 g/mol. The number of aldehydes is 1. The Kier molecular flexibility index (Phi) is 11.7. The van der Waals surface area contributed by atoms with Gasteiger partial charge in [0.2, 0.25) is 5.91 Å². The third kappa shape index (κ3) is 6.17. The van der Waals surface area contributed by atoms with Crippen LogP contribution in [0.5, 0.6) is 0 Å². The van der Waals surface area contributed by atoms with Gasteiger partial charge in [-0.3, -0.25) is 4.79 Å². The summed E-state index contributed by atoms with van der Waals surface area (Å²) in [6.45, 7) is 26.9. The van der Waals surface area contributed by atoms with E-state index in [9.17, 15) is 9.59 Å². The topological polar surface area (TPSA) is 60.2 Å². The summed E-state index contributed by atoms with van der Waals surface area (Å²) in [5.74, 6) is 0.236. The molecule has 0 fully saturated rings. The van der Waals surface area contributed by atoms with Gasteiger partial charge in [0.1, 0.15) is 6.29 Å². The fourth-order valence-corrected chi connectivity index (χ4v) is 6.60. The van der Waals surface area contributed by atoms with Crippen LogP contribution in [-0.4, -0.2) is 12.2 Å². The molecule has 0 aliphatic heterocycles. The molecule has 0 bridgehead atoms.